The van der Waals surface area contributed by atoms with Crippen LogP contribution in [0.3, 0.4) is 0 Å². The number of allylic oxidation sites excluding steroid dienone is 1. The zero-order chi connectivity index (χ0) is 32.9. The van der Waals surface area contributed by atoms with E-state index in [1.54, 1.807) is 56.2 Å². The van der Waals surface area contributed by atoms with E-state index in [4.69, 9.17) is 14.6 Å². The average Bonchev–Trinajstić information content (AvgIpc) is 3.46. The Bertz CT molecular complexity index is 1670. The summed E-state index contributed by atoms with van der Waals surface area (Å²) in [7, 11) is 3.12. The molecule has 0 aliphatic heterocycles. The van der Waals surface area contributed by atoms with Gasteiger partial charge in [-0.3, -0.25) is 9.59 Å². The number of nitrogens with one attached hydrogen (secondary N) is 2. The summed E-state index contributed by atoms with van der Waals surface area (Å²) in [6.07, 6.45) is 4.44. The molecule has 0 spiro atoms. The van der Waals surface area contributed by atoms with Crippen molar-refractivity contribution >= 4 is 17.8 Å². The SMILES string of the molecule is C=C(C)NC(=O)c1ccc(-n2nc(C(=O)NC3(C(=O)O)C4CC5CC(C4)CC3C5)cc2-c2c(OC)cccc2OC)c(C(C)C)c1. The molecule has 10 heteroatoms. The predicted molar refractivity (Wildman–Crippen MR) is 173 cm³/mol. The Morgan fingerprint density at radius 3 is 2.09 bits per heavy atom. The second kappa shape index (κ2) is 12.0. The van der Waals surface area contributed by atoms with Crippen molar-refractivity contribution in [3.05, 3.63) is 71.6 Å². The number of aromatic nitrogens is 2. The lowest BCUT2D eigenvalue weighted by molar-refractivity contribution is -0.163. The Kier molecular flexibility index (Phi) is 8.16. The fourth-order valence-corrected chi connectivity index (χ4v) is 8.36. The van der Waals surface area contributed by atoms with Crippen LogP contribution in [0, 0.1) is 23.7 Å². The number of amides is 2. The van der Waals surface area contributed by atoms with E-state index >= 15 is 0 Å². The molecule has 0 atom stereocenters. The van der Waals surface area contributed by atoms with E-state index in [1.807, 2.05) is 26.0 Å². The van der Waals surface area contributed by atoms with Gasteiger partial charge in [0, 0.05) is 11.3 Å². The number of hydrogen-bond acceptors (Lipinski definition) is 6. The molecule has 4 aliphatic carbocycles. The first-order valence-corrected chi connectivity index (χ1v) is 15.9. The molecule has 0 unspecified atom stereocenters. The number of nitrogens with zero attached hydrogens (tertiary/aromatic N) is 2. The van der Waals surface area contributed by atoms with Crippen molar-refractivity contribution in [2.75, 3.05) is 14.2 Å². The highest BCUT2D eigenvalue weighted by atomic mass is 16.5. The zero-order valence-electron chi connectivity index (χ0n) is 27.1. The van der Waals surface area contributed by atoms with Crippen LogP contribution in [0.25, 0.3) is 16.9 Å². The first-order chi connectivity index (χ1) is 22.0. The van der Waals surface area contributed by atoms with Gasteiger partial charge in [0.25, 0.3) is 11.8 Å². The molecule has 10 nitrogen and oxygen atoms in total. The fourth-order valence-electron chi connectivity index (χ4n) is 8.36. The van der Waals surface area contributed by atoms with Gasteiger partial charge in [0.1, 0.15) is 17.0 Å². The molecule has 4 aliphatic rings. The van der Waals surface area contributed by atoms with E-state index in [9.17, 15) is 19.5 Å². The number of aliphatic carboxylic acids is 1. The van der Waals surface area contributed by atoms with Gasteiger partial charge in [-0.05, 0) is 111 Å². The maximum atomic E-state index is 14.2. The van der Waals surface area contributed by atoms with Crippen LogP contribution in [0.4, 0.5) is 0 Å². The summed E-state index contributed by atoms with van der Waals surface area (Å²) in [6, 6.07) is 12.4. The molecule has 4 bridgehead atoms. The molecule has 3 aromatic rings. The van der Waals surface area contributed by atoms with E-state index in [0.29, 0.717) is 51.5 Å². The molecule has 0 saturated heterocycles. The third-order valence-corrected chi connectivity index (χ3v) is 10.2. The highest BCUT2D eigenvalue weighted by Gasteiger charge is 2.62. The predicted octanol–water partition coefficient (Wildman–Crippen LogP) is 5.95. The Balaban J connectivity index is 1.49. The standard InChI is InChI=1S/C36H42N4O6/c1-19(2)26-17-23(33(41)37-20(3)4)10-11-28(26)40-29(32-30(45-5)8-7-9-31(32)46-6)18-27(39-40)34(42)38-36(35(43)44)24-13-21-12-22(15-24)16-25(36)14-21/h7-11,17-19,21-22,24-25H,3,12-16H2,1-2,4-6H3,(H,37,41)(H,38,42)(H,43,44). The van der Waals surface area contributed by atoms with E-state index in [-0.39, 0.29) is 29.4 Å². The summed E-state index contributed by atoms with van der Waals surface area (Å²) >= 11 is 0. The second-order valence-corrected chi connectivity index (χ2v) is 13.5. The molecular formula is C36H42N4O6. The summed E-state index contributed by atoms with van der Waals surface area (Å²) in [5.41, 5.74) is 2.34. The summed E-state index contributed by atoms with van der Waals surface area (Å²) in [6.45, 7) is 9.53. The van der Waals surface area contributed by atoms with Crippen LogP contribution >= 0.6 is 0 Å². The smallest absolute Gasteiger partial charge is 0.330 e. The van der Waals surface area contributed by atoms with Crippen LogP contribution in [0.1, 0.15) is 85.2 Å². The Morgan fingerprint density at radius 1 is 0.957 bits per heavy atom. The van der Waals surface area contributed by atoms with Gasteiger partial charge >= 0.3 is 5.97 Å². The van der Waals surface area contributed by atoms with Gasteiger partial charge in [0.05, 0.1) is 31.2 Å². The molecule has 1 heterocycles. The van der Waals surface area contributed by atoms with Crippen molar-refractivity contribution in [1.82, 2.24) is 20.4 Å². The van der Waals surface area contributed by atoms with E-state index in [2.05, 4.69) is 17.2 Å². The number of ether oxygens (including phenoxy) is 2. The number of carbonyl (C=O) groups is 3. The molecule has 2 amide bonds. The number of rotatable bonds is 10. The van der Waals surface area contributed by atoms with E-state index < -0.39 is 17.4 Å². The lowest BCUT2D eigenvalue weighted by atomic mass is 9.48. The Morgan fingerprint density at radius 2 is 1.57 bits per heavy atom. The third kappa shape index (κ3) is 5.23. The Hall–Kier alpha value is -4.60. The molecule has 2 aromatic carbocycles. The van der Waals surface area contributed by atoms with Gasteiger partial charge in [0.2, 0.25) is 0 Å². The van der Waals surface area contributed by atoms with Crippen LogP contribution in [0.5, 0.6) is 11.5 Å². The van der Waals surface area contributed by atoms with Crippen LogP contribution < -0.4 is 20.1 Å². The monoisotopic (exact) mass is 626 g/mol. The molecule has 1 aromatic heterocycles. The molecule has 3 N–H and O–H groups in total. The second-order valence-electron chi connectivity index (χ2n) is 13.5. The summed E-state index contributed by atoms with van der Waals surface area (Å²) in [4.78, 5) is 40.1. The minimum absolute atomic E-state index is 0.0233. The van der Waals surface area contributed by atoms with Crippen molar-refractivity contribution in [1.29, 1.82) is 0 Å². The number of carboxylic acids is 1. The maximum Gasteiger partial charge on any atom is 0.330 e. The summed E-state index contributed by atoms with van der Waals surface area (Å²) in [5, 5.41) is 21.3. The van der Waals surface area contributed by atoms with Crippen LogP contribution in [0.15, 0.2) is 54.7 Å². The van der Waals surface area contributed by atoms with Gasteiger partial charge in [-0.1, -0.05) is 26.5 Å². The number of carboxylic acid groups (broad SMARTS) is 1. The molecule has 7 rings (SSSR count). The van der Waals surface area contributed by atoms with Crippen molar-refractivity contribution < 1.29 is 29.0 Å². The molecule has 242 valence electrons. The highest BCUT2D eigenvalue weighted by Crippen LogP contribution is 2.58. The van der Waals surface area contributed by atoms with Gasteiger partial charge in [-0.15, -0.1) is 0 Å². The van der Waals surface area contributed by atoms with Gasteiger partial charge in [-0.2, -0.15) is 5.10 Å². The van der Waals surface area contributed by atoms with Crippen molar-refractivity contribution in [3.8, 4) is 28.4 Å². The molecule has 0 radical (unpaired) electrons. The molecule has 46 heavy (non-hydrogen) atoms. The number of carbonyl (C=O) groups excluding carboxylic acids is 2. The molecule has 4 saturated carbocycles. The first-order valence-electron chi connectivity index (χ1n) is 15.9. The molecular weight excluding hydrogens is 584 g/mol. The van der Waals surface area contributed by atoms with Gasteiger partial charge in [0.15, 0.2) is 5.69 Å². The lowest BCUT2D eigenvalue weighted by Crippen LogP contribution is -2.70. The maximum absolute atomic E-state index is 14.2. The average molecular weight is 627 g/mol. The van der Waals surface area contributed by atoms with Crippen LogP contribution in [0.2, 0.25) is 0 Å². The summed E-state index contributed by atoms with van der Waals surface area (Å²) in [5.74, 6) is 0.0820. The number of benzene rings is 2. The Labute approximate surface area is 269 Å². The highest BCUT2D eigenvalue weighted by molar-refractivity contribution is 5.98. The normalized spacial score (nSPS) is 24.5. The fraction of sp³-hybridized carbons (Fsp3) is 0.444. The lowest BCUT2D eigenvalue weighted by Gasteiger charge is -2.59. The first kappa shape index (κ1) is 31.4. The van der Waals surface area contributed by atoms with Crippen molar-refractivity contribution in [2.24, 2.45) is 23.7 Å². The number of hydrogen-bond donors (Lipinski definition) is 3. The summed E-state index contributed by atoms with van der Waals surface area (Å²) < 4.78 is 13.1. The third-order valence-electron chi connectivity index (χ3n) is 10.2. The largest absolute Gasteiger partial charge is 0.496 e. The minimum Gasteiger partial charge on any atom is -0.496 e. The zero-order valence-corrected chi connectivity index (χ0v) is 27.1. The number of methoxy groups -OCH3 is 2. The molecule has 4 fully saturated rings. The van der Waals surface area contributed by atoms with Gasteiger partial charge in [-0.25, -0.2) is 9.48 Å². The van der Waals surface area contributed by atoms with E-state index in [0.717, 1.165) is 37.7 Å². The topological polar surface area (TPSA) is 132 Å². The van der Waals surface area contributed by atoms with Crippen LogP contribution in [-0.2, 0) is 4.79 Å². The van der Waals surface area contributed by atoms with Crippen LogP contribution in [-0.4, -0.2) is 52.4 Å². The van der Waals surface area contributed by atoms with E-state index in [1.165, 1.54) is 0 Å². The van der Waals surface area contributed by atoms with Crippen molar-refractivity contribution in [2.45, 2.75) is 64.3 Å². The minimum atomic E-state index is -1.32. The quantitative estimate of drug-likeness (QED) is 0.253. The van der Waals surface area contributed by atoms with Gasteiger partial charge < -0.3 is 25.2 Å². The van der Waals surface area contributed by atoms with Crippen molar-refractivity contribution in [3.63, 3.8) is 0 Å².